The highest BCUT2D eigenvalue weighted by Gasteiger charge is 2.21. The van der Waals surface area contributed by atoms with E-state index in [-0.39, 0.29) is 5.91 Å². The summed E-state index contributed by atoms with van der Waals surface area (Å²) in [6.45, 7) is 0.689. The van der Waals surface area contributed by atoms with Crippen molar-refractivity contribution in [2.75, 3.05) is 38.6 Å². The molecule has 0 aromatic heterocycles. The summed E-state index contributed by atoms with van der Waals surface area (Å²) < 4.78 is 32.3. The fraction of sp³-hybridized carbons (Fsp3) is 0.227. The van der Waals surface area contributed by atoms with Gasteiger partial charge in [0, 0.05) is 26.7 Å². The zero-order valence-electron chi connectivity index (χ0n) is 17.2. The van der Waals surface area contributed by atoms with Crippen LogP contribution in [0.2, 0.25) is 0 Å². The van der Waals surface area contributed by atoms with Crippen molar-refractivity contribution in [3.05, 3.63) is 72.3 Å². The van der Waals surface area contributed by atoms with Gasteiger partial charge in [-0.25, -0.2) is 0 Å². The number of carbonyl (C=O) groups is 1. The molecule has 7 nitrogen and oxygen atoms in total. The lowest BCUT2D eigenvalue weighted by molar-refractivity contribution is 0.0947. The summed E-state index contributed by atoms with van der Waals surface area (Å²) in [5.74, 6) is 0.499. The molecule has 0 bridgehead atoms. The molecule has 0 aliphatic carbocycles. The fourth-order valence-corrected chi connectivity index (χ4v) is 3.77. The second-order valence-electron chi connectivity index (χ2n) is 6.92. The van der Waals surface area contributed by atoms with Crippen molar-refractivity contribution in [1.82, 2.24) is 9.62 Å². The van der Waals surface area contributed by atoms with Gasteiger partial charge in [0.25, 0.3) is 5.91 Å². The van der Waals surface area contributed by atoms with Gasteiger partial charge in [0.1, 0.15) is 12.4 Å². The first-order valence-electron chi connectivity index (χ1n) is 9.45. The second-order valence-corrected chi connectivity index (χ2v) is 9.09. The maximum Gasteiger partial charge on any atom is 0.303 e. The summed E-state index contributed by atoms with van der Waals surface area (Å²) >= 11 is 0. The van der Waals surface area contributed by atoms with Crippen LogP contribution in [0.25, 0.3) is 10.8 Å². The number of hydrogen-bond acceptors (Lipinski definition) is 4. The number of carbonyl (C=O) groups excluding carboxylic acids is 1. The quantitative estimate of drug-likeness (QED) is 0.561. The molecule has 0 saturated heterocycles. The van der Waals surface area contributed by atoms with Gasteiger partial charge in [0.15, 0.2) is 0 Å². The molecule has 0 spiro atoms. The van der Waals surface area contributed by atoms with Gasteiger partial charge in [0.05, 0.1) is 12.2 Å². The van der Waals surface area contributed by atoms with Crippen molar-refractivity contribution in [3.8, 4) is 5.75 Å². The monoisotopic (exact) mass is 427 g/mol. The minimum atomic E-state index is -3.57. The van der Waals surface area contributed by atoms with E-state index >= 15 is 0 Å². The molecule has 0 fully saturated rings. The van der Waals surface area contributed by atoms with Crippen LogP contribution in [0.15, 0.2) is 66.7 Å². The van der Waals surface area contributed by atoms with E-state index in [4.69, 9.17) is 4.74 Å². The number of fused-ring (bicyclic) bond motifs is 1. The van der Waals surface area contributed by atoms with Crippen LogP contribution in [0.1, 0.15) is 10.4 Å². The number of anilines is 1. The standard InChI is InChI=1S/C22H25N3O4S/c1-24(2)30(27,28)25(3)20-11-8-18(9-12-20)22(26)23-14-15-29-21-13-10-17-6-4-5-7-19(17)16-21/h4-13,16H,14-15H2,1-3H3,(H,23,26). The summed E-state index contributed by atoms with van der Waals surface area (Å²) in [6, 6.07) is 20.3. The third kappa shape index (κ3) is 4.90. The Morgan fingerprint density at radius 3 is 2.27 bits per heavy atom. The minimum Gasteiger partial charge on any atom is -0.492 e. The average Bonchev–Trinajstić information content (AvgIpc) is 2.76. The van der Waals surface area contributed by atoms with E-state index in [1.807, 2.05) is 42.5 Å². The van der Waals surface area contributed by atoms with Crippen molar-refractivity contribution >= 4 is 32.6 Å². The summed E-state index contributed by atoms with van der Waals surface area (Å²) in [6.07, 6.45) is 0. The van der Waals surface area contributed by atoms with Gasteiger partial charge in [-0.3, -0.25) is 9.10 Å². The van der Waals surface area contributed by atoms with Crippen molar-refractivity contribution in [2.45, 2.75) is 0 Å². The van der Waals surface area contributed by atoms with Crippen LogP contribution in [0.5, 0.6) is 5.75 Å². The van der Waals surface area contributed by atoms with Crippen LogP contribution in [0, 0.1) is 0 Å². The molecule has 0 heterocycles. The molecule has 3 aromatic carbocycles. The van der Waals surface area contributed by atoms with Crippen molar-refractivity contribution in [1.29, 1.82) is 0 Å². The number of amides is 1. The lowest BCUT2D eigenvalue weighted by atomic mass is 10.1. The van der Waals surface area contributed by atoms with Crippen LogP contribution < -0.4 is 14.4 Å². The predicted molar refractivity (Wildman–Crippen MR) is 119 cm³/mol. The zero-order valence-corrected chi connectivity index (χ0v) is 18.0. The maximum absolute atomic E-state index is 12.3. The van der Waals surface area contributed by atoms with Crippen LogP contribution >= 0.6 is 0 Å². The number of hydrogen-bond donors (Lipinski definition) is 1. The molecule has 1 amide bonds. The van der Waals surface area contributed by atoms with Crippen molar-refractivity contribution in [3.63, 3.8) is 0 Å². The van der Waals surface area contributed by atoms with Crippen molar-refractivity contribution in [2.24, 2.45) is 0 Å². The first kappa shape index (κ1) is 21.6. The SMILES string of the molecule is CN(C)S(=O)(=O)N(C)c1ccc(C(=O)NCCOc2ccc3ccccc3c2)cc1. The molecule has 0 unspecified atom stereocenters. The number of nitrogens with zero attached hydrogens (tertiary/aromatic N) is 2. The molecular formula is C22H25N3O4S. The van der Waals surface area contributed by atoms with E-state index in [2.05, 4.69) is 5.32 Å². The van der Waals surface area contributed by atoms with E-state index < -0.39 is 10.2 Å². The van der Waals surface area contributed by atoms with E-state index in [1.54, 1.807) is 24.3 Å². The molecular weight excluding hydrogens is 402 g/mol. The molecule has 30 heavy (non-hydrogen) atoms. The maximum atomic E-state index is 12.3. The number of ether oxygens (including phenoxy) is 1. The largest absolute Gasteiger partial charge is 0.492 e. The molecule has 3 rings (SSSR count). The lowest BCUT2D eigenvalue weighted by Gasteiger charge is -2.23. The predicted octanol–water partition coefficient (Wildman–Crippen LogP) is 2.89. The van der Waals surface area contributed by atoms with E-state index in [0.29, 0.717) is 24.4 Å². The van der Waals surface area contributed by atoms with Crippen LogP contribution in [-0.4, -0.2) is 52.9 Å². The summed E-state index contributed by atoms with van der Waals surface area (Å²) in [4.78, 5) is 12.3. The van der Waals surface area contributed by atoms with Crippen LogP contribution in [0.3, 0.4) is 0 Å². The summed E-state index contributed by atoms with van der Waals surface area (Å²) in [5.41, 5.74) is 0.917. The number of nitrogens with one attached hydrogen (secondary N) is 1. The first-order valence-corrected chi connectivity index (χ1v) is 10.8. The third-order valence-electron chi connectivity index (χ3n) is 4.68. The second kappa shape index (κ2) is 9.15. The summed E-state index contributed by atoms with van der Waals surface area (Å²) in [7, 11) is 0.827. The summed E-state index contributed by atoms with van der Waals surface area (Å²) in [5, 5.41) is 5.04. The Balaban J connectivity index is 1.52. The van der Waals surface area contributed by atoms with Crippen LogP contribution in [-0.2, 0) is 10.2 Å². The average molecular weight is 428 g/mol. The molecule has 0 saturated carbocycles. The van der Waals surface area contributed by atoms with Crippen LogP contribution in [0.4, 0.5) is 5.69 Å². The van der Waals surface area contributed by atoms with Gasteiger partial charge in [0.2, 0.25) is 0 Å². The third-order valence-corrected chi connectivity index (χ3v) is 6.50. The Morgan fingerprint density at radius 1 is 0.933 bits per heavy atom. The van der Waals surface area contributed by atoms with Gasteiger partial charge >= 0.3 is 10.2 Å². The zero-order chi connectivity index (χ0) is 21.7. The van der Waals surface area contributed by atoms with E-state index in [1.165, 1.54) is 21.1 Å². The molecule has 8 heteroatoms. The Labute approximate surface area is 177 Å². The smallest absolute Gasteiger partial charge is 0.303 e. The highest BCUT2D eigenvalue weighted by molar-refractivity contribution is 7.90. The molecule has 158 valence electrons. The van der Waals surface area contributed by atoms with Gasteiger partial charge < -0.3 is 10.1 Å². The highest BCUT2D eigenvalue weighted by atomic mass is 32.2. The van der Waals surface area contributed by atoms with Gasteiger partial charge in [-0.1, -0.05) is 30.3 Å². The Hall–Kier alpha value is -3.10. The number of benzene rings is 3. The van der Waals surface area contributed by atoms with Gasteiger partial charge in [-0.2, -0.15) is 12.7 Å². The van der Waals surface area contributed by atoms with Gasteiger partial charge in [-0.05, 0) is 47.2 Å². The first-order chi connectivity index (χ1) is 14.3. The molecule has 0 aliphatic heterocycles. The fourth-order valence-electron chi connectivity index (χ4n) is 2.89. The minimum absolute atomic E-state index is 0.248. The Morgan fingerprint density at radius 2 is 1.60 bits per heavy atom. The van der Waals surface area contributed by atoms with Crippen molar-refractivity contribution < 1.29 is 17.9 Å². The lowest BCUT2D eigenvalue weighted by Crippen LogP contribution is -2.37. The molecule has 3 aromatic rings. The Bertz CT molecular complexity index is 1130. The normalized spacial score (nSPS) is 11.5. The number of rotatable bonds is 8. The van der Waals surface area contributed by atoms with E-state index in [0.717, 1.165) is 25.1 Å². The molecule has 0 radical (unpaired) electrons. The van der Waals surface area contributed by atoms with E-state index in [9.17, 15) is 13.2 Å². The molecule has 0 aliphatic rings. The Kier molecular flexibility index (Phi) is 6.59. The topological polar surface area (TPSA) is 79.0 Å². The molecule has 1 N–H and O–H groups in total. The van der Waals surface area contributed by atoms with Gasteiger partial charge in [-0.15, -0.1) is 0 Å². The highest BCUT2D eigenvalue weighted by Crippen LogP contribution is 2.20. The molecule has 0 atom stereocenters.